The first-order valence-corrected chi connectivity index (χ1v) is 30.3. The number of amides is 5. The summed E-state index contributed by atoms with van der Waals surface area (Å²) in [5.74, 6) is -18.4. The van der Waals surface area contributed by atoms with Crippen LogP contribution in [0.25, 0.3) is 0 Å². The third-order valence-electron chi connectivity index (χ3n) is 14.6. The Morgan fingerprint density at radius 2 is 0.955 bits per heavy atom. The van der Waals surface area contributed by atoms with E-state index in [1.165, 1.54) is 4.90 Å². The predicted octanol–water partition coefficient (Wildman–Crippen LogP) is 1.93. The molecule has 1 saturated heterocycles. The quantitative estimate of drug-likeness (QED) is 0.0389. The Labute approximate surface area is 512 Å². The maximum atomic E-state index is 14.2. The van der Waals surface area contributed by atoms with Gasteiger partial charge in [0.05, 0.1) is 44.0 Å². The summed E-state index contributed by atoms with van der Waals surface area (Å²) < 4.78 is 16.1. The average Bonchev–Trinajstić information content (AvgIpc) is 4.13. The Morgan fingerprint density at radius 3 is 1.41 bits per heavy atom. The number of hydrogen-bond donors (Lipinski definition) is 10. The second-order valence-corrected chi connectivity index (χ2v) is 22.2. The third kappa shape index (κ3) is 33.9. The number of nitrogens with two attached hydrogens (primary N) is 1. The number of aliphatic carboxylic acids is 5. The van der Waals surface area contributed by atoms with Crippen LogP contribution in [0.3, 0.4) is 0 Å². The van der Waals surface area contributed by atoms with Crippen LogP contribution in [0.15, 0.2) is 0 Å². The lowest BCUT2D eigenvalue weighted by Crippen LogP contribution is -2.51. The molecular weight excluding hydrogens is 1160 g/mol. The van der Waals surface area contributed by atoms with Crippen LogP contribution in [0.2, 0.25) is 0 Å². The number of unbranched alkanes of at least 4 members (excludes halogenated alkanes) is 1. The molecule has 0 aromatic heterocycles. The number of carbonyl (C=O) groups excluding carboxylic acids is 10. The van der Waals surface area contributed by atoms with Crippen LogP contribution in [-0.4, -0.2) is 202 Å². The maximum Gasteiger partial charge on any atom is 0.303 e. The molecule has 0 aliphatic carbocycles. The molecule has 1 rings (SSSR count). The van der Waals surface area contributed by atoms with Crippen molar-refractivity contribution in [3.8, 4) is 0 Å². The van der Waals surface area contributed by atoms with Gasteiger partial charge in [-0.2, -0.15) is 0 Å². The van der Waals surface area contributed by atoms with Gasteiger partial charge >= 0.3 is 29.8 Å². The zero-order chi connectivity index (χ0) is 66.3. The van der Waals surface area contributed by atoms with Gasteiger partial charge in [-0.25, -0.2) is 0 Å². The molecule has 0 aromatic rings. The Kier molecular flexibility index (Phi) is 39.8. The van der Waals surface area contributed by atoms with E-state index in [1.54, 1.807) is 13.8 Å². The lowest BCUT2D eigenvalue weighted by atomic mass is 9.89. The highest BCUT2D eigenvalue weighted by Gasteiger charge is 2.38. The van der Waals surface area contributed by atoms with Crippen LogP contribution in [0.5, 0.6) is 0 Å². The molecule has 0 saturated carbocycles. The molecule has 0 bridgehead atoms. The zero-order valence-electron chi connectivity index (χ0n) is 51.2. The van der Waals surface area contributed by atoms with E-state index in [0.717, 1.165) is 0 Å². The van der Waals surface area contributed by atoms with E-state index in [4.69, 9.17) is 19.9 Å². The summed E-state index contributed by atoms with van der Waals surface area (Å²) in [5, 5.41) is 57.9. The number of carbonyl (C=O) groups is 15. The van der Waals surface area contributed by atoms with Crippen LogP contribution in [-0.2, 0) is 86.1 Å². The molecule has 88 heavy (non-hydrogen) atoms. The Morgan fingerprint density at radius 1 is 0.489 bits per heavy atom. The monoisotopic (exact) mass is 1250 g/mol. The molecule has 0 aromatic carbocycles. The number of Topliss-reactive ketones (excluding diaryl/α,β-unsaturated/α-hetero) is 5. The Balaban J connectivity index is 3.35. The number of nitrogens with one attached hydrogen (secondary N) is 4. The van der Waals surface area contributed by atoms with Crippen LogP contribution < -0.4 is 27.0 Å². The van der Waals surface area contributed by atoms with E-state index in [-0.39, 0.29) is 83.2 Å². The highest BCUT2D eigenvalue weighted by Crippen LogP contribution is 2.23. The van der Waals surface area contributed by atoms with Gasteiger partial charge in [0.25, 0.3) is 0 Å². The van der Waals surface area contributed by atoms with Gasteiger partial charge in [-0.1, -0.05) is 20.8 Å². The topological polar surface area (TPSA) is 462 Å². The molecule has 5 amide bonds. The fourth-order valence-electron chi connectivity index (χ4n) is 9.77. The molecule has 0 unspecified atom stereocenters. The van der Waals surface area contributed by atoms with E-state index < -0.39 is 214 Å². The van der Waals surface area contributed by atoms with Crippen molar-refractivity contribution in [1.82, 2.24) is 26.2 Å². The molecule has 1 aliphatic rings. The summed E-state index contributed by atoms with van der Waals surface area (Å²) >= 11 is 0. The van der Waals surface area contributed by atoms with Gasteiger partial charge in [0.15, 0.2) is 23.1 Å². The van der Waals surface area contributed by atoms with Gasteiger partial charge in [0.1, 0.15) is 18.4 Å². The molecule has 0 spiro atoms. The molecule has 29 heteroatoms. The maximum absolute atomic E-state index is 14.2. The molecule has 1 heterocycles. The second-order valence-electron chi connectivity index (χ2n) is 22.2. The van der Waals surface area contributed by atoms with Crippen molar-refractivity contribution in [2.45, 2.75) is 206 Å². The normalized spacial score (nSPS) is 15.3. The first-order valence-electron chi connectivity index (χ1n) is 30.3. The largest absolute Gasteiger partial charge is 0.481 e. The molecular formula is C59H94N6O23. The van der Waals surface area contributed by atoms with E-state index in [2.05, 4.69) is 21.3 Å². The lowest BCUT2D eigenvalue weighted by molar-refractivity contribution is -0.142. The van der Waals surface area contributed by atoms with Gasteiger partial charge in [-0.05, 0) is 96.4 Å². The molecule has 1 aliphatic heterocycles. The van der Waals surface area contributed by atoms with Crippen LogP contribution in [0.1, 0.15) is 175 Å². The SMILES string of the molecule is CCOCCOCCC(=O)C[C@H](CCC(=O)O)C(=O)N[C@H](CCC(=O)O)C(=O)C[C@H](CCC(=O)O)C(=O)N[C@H](CCC(=O)O)C(=O)C[C@H](CCC(=O)O)C(=O)N[C@H](CCCCN)C(=O)CCCOCC(=O)N1CCC[C@H]1C(=O)N[C@@H](CC(C)C)C(=O)CC. The standard InChI is InChI=1S/C59H94N6O23/c1-5-46(67)44(31-36(3)4)64-59(85)45-12-9-26-65(45)50(71)35-88-27-10-13-47(68)41(11-7-8-25-60)61-57(83)38(15-20-52(74)75)33-49(70)43(18-23-55(80)81)63-58(84)39(16-21-53(76)77)34-48(69)42(17-22-54(78)79)62-56(82)37(14-19-51(72)73)32-40(66)24-28-87-30-29-86-6-2/h36-39,41-45H,5-35,60H2,1-4H3,(H,61,83)(H,62,82)(H,63,84)(H,64,85)(H,72,73)(H,74,75)(H,76,77)(H,78,79)(H,80,81)/t37-,38-,39-,41+,42+,43+,44-,45-/m0/s1. The number of ether oxygens (including phenoxy) is 3. The summed E-state index contributed by atoms with van der Waals surface area (Å²) in [5.41, 5.74) is 5.70. The van der Waals surface area contributed by atoms with E-state index >= 15 is 0 Å². The molecule has 1 fully saturated rings. The minimum atomic E-state index is -1.75. The van der Waals surface area contributed by atoms with E-state index in [1.807, 2.05) is 13.8 Å². The van der Waals surface area contributed by atoms with Gasteiger partial charge < -0.3 is 71.6 Å². The van der Waals surface area contributed by atoms with Gasteiger partial charge in [-0.15, -0.1) is 0 Å². The second kappa shape index (κ2) is 44.3. The van der Waals surface area contributed by atoms with E-state index in [9.17, 15) is 97.5 Å². The zero-order valence-corrected chi connectivity index (χ0v) is 51.2. The van der Waals surface area contributed by atoms with Crippen molar-refractivity contribution in [2.24, 2.45) is 29.4 Å². The number of carboxylic acid groups (broad SMARTS) is 5. The Bertz CT molecular complexity index is 2350. The van der Waals surface area contributed by atoms with Crippen LogP contribution in [0, 0.1) is 23.7 Å². The smallest absolute Gasteiger partial charge is 0.303 e. The summed E-state index contributed by atoms with van der Waals surface area (Å²) in [6.45, 7) is 8.17. The van der Waals surface area contributed by atoms with E-state index in [0.29, 0.717) is 45.3 Å². The molecule has 8 atom stereocenters. The molecule has 0 radical (unpaired) electrons. The number of carboxylic acids is 5. The first-order chi connectivity index (χ1) is 41.6. The highest BCUT2D eigenvalue weighted by molar-refractivity contribution is 5.98. The Hall–Kier alpha value is -7.11. The summed E-state index contributed by atoms with van der Waals surface area (Å²) in [7, 11) is 0. The fourth-order valence-corrected chi connectivity index (χ4v) is 9.77. The number of likely N-dealkylation sites (tertiary alicyclic amines) is 1. The first kappa shape index (κ1) is 78.9. The average molecular weight is 1260 g/mol. The van der Waals surface area contributed by atoms with Crippen LogP contribution >= 0.6 is 0 Å². The number of rotatable bonds is 53. The molecule has 11 N–H and O–H groups in total. The summed E-state index contributed by atoms with van der Waals surface area (Å²) in [6.07, 6.45) is -6.17. The van der Waals surface area contributed by atoms with Gasteiger partial charge in [-0.3, -0.25) is 71.9 Å². The van der Waals surface area contributed by atoms with Crippen LogP contribution in [0.4, 0.5) is 0 Å². The lowest BCUT2D eigenvalue weighted by Gasteiger charge is -2.27. The summed E-state index contributed by atoms with van der Waals surface area (Å²) in [4.78, 5) is 196. The van der Waals surface area contributed by atoms with Gasteiger partial charge in [0.2, 0.25) is 29.5 Å². The van der Waals surface area contributed by atoms with Crippen molar-refractivity contribution in [3.05, 3.63) is 0 Å². The van der Waals surface area contributed by atoms with Crippen molar-refractivity contribution >= 4 is 88.3 Å². The number of hydrogen-bond acceptors (Lipinski definition) is 19. The number of ketones is 5. The molecule has 29 nitrogen and oxygen atoms in total. The van der Waals surface area contributed by atoms with Crippen molar-refractivity contribution in [1.29, 1.82) is 0 Å². The third-order valence-corrected chi connectivity index (χ3v) is 14.6. The van der Waals surface area contributed by atoms with Crippen molar-refractivity contribution in [3.63, 3.8) is 0 Å². The minimum absolute atomic E-state index is 0.0508. The summed E-state index contributed by atoms with van der Waals surface area (Å²) in [6, 6.07) is -6.12. The predicted molar refractivity (Wildman–Crippen MR) is 311 cm³/mol. The number of nitrogens with zero attached hydrogens (tertiary/aromatic N) is 1. The highest BCUT2D eigenvalue weighted by atomic mass is 16.5. The fraction of sp³-hybridized carbons (Fsp3) is 0.746. The van der Waals surface area contributed by atoms with Crippen molar-refractivity contribution in [2.75, 3.05) is 52.7 Å². The minimum Gasteiger partial charge on any atom is -0.481 e. The van der Waals surface area contributed by atoms with Crippen molar-refractivity contribution < 1.29 is 112 Å². The molecule has 498 valence electrons. The van der Waals surface area contributed by atoms with Gasteiger partial charge in [0, 0.05) is 108 Å².